The zero-order valence-electron chi connectivity index (χ0n) is 13.9. The molecule has 6 nitrogen and oxygen atoms in total. The third-order valence-electron chi connectivity index (χ3n) is 3.32. The molecule has 0 bridgehead atoms. The highest BCUT2D eigenvalue weighted by Crippen LogP contribution is 2.27. The summed E-state index contributed by atoms with van der Waals surface area (Å²) in [6.07, 6.45) is 0. The summed E-state index contributed by atoms with van der Waals surface area (Å²) in [7, 11) is 0. The Bertz CT molecular complexity index is 895. The van der Waals surface area contributed by atoms with Gasteiger partial charge in [0.15, 0.2) is 4.34 Å². The van der Waals surface area contributed by atoms with Crippen LogP contribution in [0.2, 0.25) is 0 Å². The van der Waals surface area contributed by atoms with E-state index in [0.717, 1.165) is 5.69 Å². The minimum atomic E-state index is -0.407. The molecule has 1 heterocycles. The van der Waals surface area contributed by atoms with E-state index in [9.17, 15) is 9.59 Å². The number of nitrogens with one attached hydrogen (secondary N) is 2. The van der Waals surface area contributed by atoms with Gasteiger partial charge in [0, 0.05) is 11.3 Å². The minimum absolute atomic E-state index is 0.0950. The summed E-state index contributed by atoms with van der Waals surface area (Å²) < 4.78 is 0.655. The van der Waals surface area contributed by atoms with Crippen LogP contribution < -0.4 is 10.6 Å². The van der Waals surface area contributed by atoms with Gasteiger partial charge in [0.25, 0.3) is 5.91 Å². The maximum absolute atomic E-state index is 11.9. The molecule has 132 valence electrons. The second-order valence-electron chi connectivity index (χ2n) is 5.40. The number of nitrogens with zero attached hydrogens (tertiary/aromatic N) is 2. The molecule has 3 aromatic rings. The fraction of sp³-hybridized carbons (Fsp3) is 0.111. The normalized spacial score (nSPS) is 10.3. The van der Waals surface area contributed by atoms with E-state index in [-0.39, 0.29) is 11.7 Å². The summed E-state index contributed by atoms with van der Waals surface area (Å²) in [6.45, 7) is 2.02. The number of hydrogen-bond acceptors (Lipinski definition) is 7. The lowest BCUT2D eigenvalue weighted by molar-refractivity contribution is -0.117. The lowest BCUT2D eigenvalue weighted by Gasteiger charge is -2.02. The van der Waals surface area contributed by atoms with E-state index in [1.165, 1.54) is 28.7 Å². The Labute approximate surface area is 159 Å². The summed E-state index contributed by atoms with van der Waals surface area (Å²) in [6, 6.07) is 16.6. The van der Waals surface area contributed by atoms with Crippen LogP contribution in [-0.2, 0) is 4.79 Å². The zero-order chi connectivity index (χ0) is 18.4. The number of rotatable bonds is 6. The molecule has 0 radical (unpaired) electrons. The molecule has 0 atom stereocenters. The van der Waals surface area contributed by atoms with Crippen LogP contribution in [0.4, 0.5) is 10.8 Å². The quantitative estimate of drug-likeness (QED) is 0.631. The Hall–Kier alpha value is -2.71. The van der Waals surface area contributed by atoms with Gasteiger partial charge in [-0.05, 0) is 31.2 Å². The second kappa shape index (κ2) is 8.59. The molecule has 2 N–H and O–H groups in total. The lowest BCUT2D eigenvalue weighted by atomic mass is 10.2. The van der Waals surface area contributed by atoms with Crippen LogP contribution in [-0.4, -0.2) is 27.8 Å². The molecule has 0 fully saturated rings. The summed E-state index contributed by atoms with van der Waals surface area (Å²) in [4.78, 5) is 23.8. The van der Waals surface area contributed by atoms with Gasteiger partial charge in [-0.1, -0.05) is 59.0 Å². The first-order valence-electron chi connectivity index (χ1n) is 7.79. The second-order valence-corrected chi connectivity index (χ2v) is 7.60. The molecule has 3 rings (SSSR count). The van der Waals surface area contributed by atoms with Crippen molar-refractivity contribution >= 4 is 45.7 Å². The Morgan fingerprint density at radius 3 is 2.50 bits per heavy atom. The molecule has 0 saturated heterocycles. The SMILES string of the molecule is Cc1ccc(Nc2nnc(SCC(=O)NC(=O)c3ccccc3)s2)cc1. The van der Waals surface area contributed by atoms with E-state index in [1.807, 2.05) is 37.3 Å². The van der Waals surface area contributed by atoms with Gasteiger partial charge in [0.05, 0.1) is 5.75 Å². The number of aromatic nitrogens is 2. The Morgan fingerprint density at radius 2 is 1.77 bits per heavy atom. The van der Waals surface area contributed by atoms with E-state index in [4.69, 9.17) is 0 Å². The average molecular weight is 384 g/mol. The summed E-state index contributed by atoms with van der Waals surface area (Å²) >= 11 is 2.59. The van der Waals surface area contributed by atoms with Gasteiger partial charge in [-0.15, -0.1) is 10.2 Å². The number of carbonyl (C=O) groups excluding carboxylic acids is 2. The molecule has 0 spiro atoms. The predicted octanol–water partition coefficient (Wildman–Crippen LogP) is 3.64. The van der Waals surface area contributed by atoms with E-state index in [2.05, 4.69) is 20.8 Å². The number of amides is 2. The van der Waals surface area contributed by atoms with Crippen molar-refractivity contribution in [3.63, 3.8) is 0 Å². The van der Waals surface area contributed by atoms with Crippen LogP contribution in [0.25, 0.3) is 0 Å². The van der Waals surface area contributed by atoms with Crippen LogP contribution in [0.3, 0.4) is 0 Å². The average Bonchev–Trinajstić information content (AvgIpc) is 3.10. The standard InChI is InChI=1S/C18H16N4O2S2/c1-12-7-9-14(10-8-12)19-17-21-22-18(26-17)25-11-15(23)20-16(24)13-5-3-2-4-6-13/h2-10H,11H2,1H3,(H,19,21)(H,20,23,24). The highest BCUT2D eigenvalue weighted by atomic mass is 32.2. The smallest absolute Gasteiger partial charge is 0.257 e. The van der Waals surface area contributed by atoms with E-state index in [1.54, 1.807) is 24.3 Å². The molecular formula is C18H16N4O2S2. The van der Waals surface area contributed by atoms with Gasteiger partial charge >= 0.3 is 0 Å². The molecule has 8 heteroatoms. The maximum atomic E-state index is 11.9. The highest BCUT2D eigenvalue weighted by Gasteiger charge is 2.12. The van der Waals surface area contributed by atoms with Crippen molar-refractivity contribution in [2.75, 3.05) is 11.1 Å². The van der Waals surface area contributed by atoms with Crippen molar-refractivity contribution in [2.24, 2.45) is 0 Å². The summed E-state index contributed by atoms with van der Waals surface area (Å²) in [5.74, 6) is -0.681. The fourth-order valence-corrected chi connectivity index (χ4v) is 3.60. The monoisotopic (exact) mass is 384 g/mol. The first-order chi connectivity index (χ1) is 12.6. The van der Waals surface area contributed by atoms with Crippen molar-refractivity contribution in [1.29, 1.82) is 0 Å². The molecule has 2 amide bonds. The maximum Gasteiger partial charge on any atom is 0.257 e. The van der Waals surface area contributed by atoms with Gasteiger partial charge in [-0.2, -0.15) is 0 Å². The third-order valence-corrected chi connectivity index (χ3v) is 5.30. The van der Waals surface area contributed by atoms with Gasteiger partial charge in [-0.3, -0.25) is 14.9 Å². The molecule has 1 aromatic heterocycles. The molecule has 0 aliphatic carbocycles. The predicted molar refractivity (Wildman–Crippen MR) is 104 cm³/mol. The van der Waals surface area contributed by atoms with Crippen molar-refractivity contribution in [2.45, 2.75) is 11.3 Å². The Morgan fingerprint density at radius 1 is 1.04 bits per heavy atom. The van der Waals surface area contributed by atoms with E-state index >= 15 is 0 Å². The Kier molecular flexibility index (Phi) is 5.98. The van der Waals surface area contributed by atoms with Gasteiger partial charge in [-0.25, -0.2) is 0 Å². The summed E-state index contributed by atoms with van der Waals surface area (Å²) in [5, 5.41) is 14.3. The number of hydrogen-bond donors (Lipinski definition) is 2. The highest BCUT2D eigenvalue weighted by molar-refractivity contribution is 8.01. The Balaban J connectivity index is 1.49. The van der Waals surface area contributed by atoms with Crippen LogP contribution >= 0.6 is 23.1 Å². The number of aryl methyl sites for hydroxylation is 1. The summed E-state index contributed by atoms with van der Waals surface area (Å²) in [5.41, 5.74) is 2.56. The molecule has 0 saturated carbocycles. The number of benzene rings is 2. The van der Waals surface area contributed by atoms with Crippen molar-refractivity contribution in [1.82, 2.24) is 15.5 Å². The van der Waals surface area contributed by atoms with Gasteiger partial charge in [0.1, 0.15) is 0 Å². The molecule has 0 aliphatic heterocycles. The molecule has 0 aliphatic rings. The first-order valence-corrected chi connectivity index (χ1v) is 9.59. The largest absolute Gasteiger partial charge is 0.330 e. The number of carbonyl (C=O) groups is 2. The van der Waals surface area contributed by atoms with Gasteiger partial charge < -0.3 is 5.32 Å². The topological polar surface area (TPSA) is 84.0 Å². The number of imide groups is 1. The van der Waals surface area contributed by atoms with E-state index < -0.39 is 5.91 Å². The van der Waals surface area contributed by atoms with E-state index in [0.29, 0.717) is 15.0 Å². The van der Waals surface area contributed by atoms with Crippen LogP contribution in [0.1, 0.15) is 15.9 Å². The zero-order valence-corrected chi connectivity index (χ0v) is 15.6. The molecule has 26 heavy (non-hydrogen) atoms. The number of thioether (sulfide) groups is 1. The molecular weight excluding hydrogens is 368 g/mol. The van der Waals surface area contributed by atoms with Crippen LogP contribution in [0, 0.1) is 6.92 Å². The fourth-order valence-electron chi connectivity index (χ4n) is 2.03. The minimum Gasteiger partial charge on any atom is -0.330 e. The van der Waals surface area contributed by atoms with Crippen molar-refractivity contribution in [3.05, 3.63) is 65.7 Å². The molecule has 0 unspecified atom stereocenters. The van der Waals surface area contributed by atoms with Crippen molar-refractivity contribution in [3.8, 4) is 0 Å². The first kappa shape index (κ1) is 18.1. The molecule has 2 aromatic carbocycles. The van der Waals surface area contributed by atoms with Gasteiger partial charge in [0.2, 0.25) is 11.0 Å². The van der Waals surface area contributed by atoms with Crippen LogP contribution in [0.5, 0.6) is 0 Å². The van der Waals surface area contributed by atoms with Crippen molar-refractivity contribution < 1.29 is 9.59 Å². The lowest BCUT2D eigenvalue weighted by Crippen LogP contribution is -2.31. The number of anilines is 2. The van der Waals surface area contributed by atoms with Crippen LogP contribution in [0.15, 0.2) is 58.9 Å². The third kappa shape index (κ3) is 5.14.